The molecule has 1 aromatic carbocycles. The van der Waals surface area contributed by atoms with Crippen LogP contribution in [-0.4, -0.2) is 46.9 Å². The Hall–Kier alpha value is -1.03. The van der Waals surface area contributed by atoms with Crippen molar-refractivity contribution >= 4 is 34.4 Å². The van der Waals surface area contributed by atoms with Crippen LogP contribution in [0.2, 0.25) is 0 Å². The quantitative estimate of drug-likeness (QED) is 0.557. The third kappa shape index (κ3) is 2.45. The van der Waals surface area contributed by atoms with Gasteiger partial charge in [-0.05, 0) is 54.7 Å². The van der Waals surface area contributed by atoms with Gasteiger partial charge in [-0.25, -0.2) is 4.90 Å². The topological polar surface area (TPSA) is 72.9 Å². The lowest BCUT2D eigenvalue weighted by Gasteiger charge is -2.38. The van der Waals surface area contributed by atoms with Crippen molar-refractivity contribution in [3.05, 3.63) is 32.9 Å². The van der Waals surface area contributed by atoms with Crippen LogP contribution < -0.4 is 5.32 Å². The van der Waals surface area contributed by atoms with E-state index in [9.17, 15) is 14.7 Å². The molecule has 1 saturated heterocycles. The fraction of sp³-hybridized carbons (Fsp3) is 0.467. The van der Waals surface area contributed by atoms with Crippen molar-refractivity contribution < 1.29 is 14.7 Å². The average molecular weight is 415 g/mol. The van der Waals surface area contributed by atoms with Crippen LogP contribution in [0.25, 0.3) is 0 Å². The Morgan fingerprint density at radius 2 is 2.09 bits per heavy atom. The van der Waals surface area contributed by atoms with Crippen LogP contribution in [0, 0.1) is 3.57 Å². The van der Waals surface area contributed by atoms with Gasteiger partial charge >= 0.3 is 0 Å². The molecule has 2 N–H and O–H groups in total. The number of carbonyl (C=O) groups is 2. The van der Waals surface area contributed by atoms with Crippen molar-refractivity contribution in [1.29, 1.82) is 0 Å². The first-order valence-electron chi connectivity index (χ1n) is 7.15. The molecule has 3 atom stereocenters. The molecule has 1 fully saturated rings. The van der Waals surface area contributed by atoms with E-state index >= 15 is 0 Å². The summed E-state index contributed by atoms with van der Waals surface area (Å²) in [4.78, 5) is 27.4. The molecule has 0 saturated carbocycles. The molecule has 0 spiro atoms. The molecule has 7 heteroatoms. The third-order valence-electron chi connectivity index (χ3n) is 4.25. The summed E-state index contributed by atoms with van der Waals surface area (Å²) in [7, 11) is 3.84. The minimum atomic E-state index is -0.848. The number of benzene rings is 1. The van der Waals surface area contributed by atoms with Gasteiger partial charge < -0.3 is 5.11 Å². The van der Waals surface area contributed by atoms with Crippen molar-refractivity contribution in [2.24, 2.45) is 0 Å². The normalized spacial score (nSPS) is 28.9. The van der Waals surface area contributed by atoms with Gasteiger partial charge in [0.15, 0.2) is 0 Å². The van der Waals surface area contributed by atoms with Crippen molar-refractivity contribution in [2.45, 2.75) is 31.3 Å². The van der Waals surface area contributed by atoms with Gasteiger partial charge in [-0.3, -0.25) is 19.8 Å². The lowest BCUT2D eigenvalue weighted by Crippen LogP contribution is -2.54. The van der Waals surface area contributed by atoms with E-state index in [1.54, 1.807) is 4.90 Å². The molecule has 3 rings (SSSR count). The number of piperidine rings is 1. The number of hydrogen-bond donors (Lipinski definition) is 2. The van der Waals surface area contributed by atoms with E-state index in [0.717, 1.165) is 14.7 Å². The number of hydrogen-bond acceptors (Lipinski definition) is 5. The minimum absolute atomic E-state index is 0.191. The molecule has 2 heterocycles. The number of amides is 2. The lowest BCUT2D eigenvalue weighted by molar-refractivity contribution is -0.147. The van der Waals surface area contributed by atoms with Crippen LogP contribution in [0.4, 0.5) is 0 Å². The number of fused-ring (bicyclic) bond motifs is 1. The molecule has 22 heavy (non-hydrogen) atoms. The Labute approximate surface area is 142 Å². The molecule has 1 aromatic rings. The summed E-state index contributed by atoms with van der Waals surface area (Å²) < 4.78 is 0.976. The SMILES string of the molecule is CN(C)C1c2cccc(I)c2C(O)N1C1CCC(=O)NC1=O. The smallest absolute Gasteiger partial charge is 0.244 e. The maximum atomic E-state index is 12.2. The highest BCUT2D eigenvalue weighted by Crippen LogP contribution is 2.45. The highest BCUT2D eigenvalue weighted by Gasteiger charge is 2.46. The number of aliphatic hydroxyl groups is 1. The van der Waals surface area contributed by atoms with E-state index in [1.165, 1.54) is 0 Å². The first-order chi connectivity index (χ1) is 10.4. The number of aliphatic hydroxyl groups excluding tert-OH is 1. The zero-order valence-electron chi connectivity index (χ0n) is 12.4. The molecular formula is C15H18IN3O3. The molecule has 2 aliphatic heterocycles. The van der Waals surface area contributed by atoms with E-state index in [-0.39, 0.29) is 18.0 Å². The van der Waals surface area contributed by atoms with Crippen molar-refractivity contribution in [3.8, 4) is 0 Å². The van der Waals surface area contributed by atoms with Gasteiger partial charge in [0.25, 0.3) is 0 Å². The second-order valence-electron chi connectivity index (χ2n) is 5.87. The molecule has 2 amide bonds. The van der Waals surface area contributed by atoms with Crippen molar-refractivity contribution in [2.75, 3.05) is 14.1 Å². The summed E-state index contributed by atoms with van der Waals surface area (Å²) in [6, 6.07) is 5.38. The standard InChI is InChI=1S/C15H18IN3O3/c1-18(2)14-8-4-3-5-9(16)12(8)15(22)19(14)10-6-7-11(20)17-13(10)21/h3-5,10,14-15,22H,6-7H2,1-2H3,(H,17,20,21). The lowest BCUT2D eigenvalue weighted by atomic mass is 10.0. The molecule has 6 nitrogen and oxygen atoms in total. The fourth-order valence-corrected chi connectivity index (χ4v) is 4.14. The molecule has 0 aromatic heterocycles. The predicted octanol–water partition coefficient (Wildman–Crippen LogP) is 0.963. The summed E-state index contributed by atoms with van der Waals surface area (Å²) in [5.41, 5.74) is 1.86. The number of carbonyl (C=O) groups excluding carboxylic acids is 2. The number of nitrogens with one attached hydrogen (secondary N) is 1. The van der Waals surface area contributed by atoms with Gasteiger partial charge in [0.1, 0.15) is 6.23 Å². The Kier molecular flexibility index (Phi) is 4.23. The molecule has 0 aliphatic carbocycles. The van der Waals surface area contributed by atoms with Crippen molar-refractivity contribution in [3.63, 3.8) is 0 Å². The summed E-state index contributed by atoms with van der Waals surface area (Å²) >= 11 is 2.20. The van der Waals surface area contributed by atoms with E-state index < -0.39 is 12.3 Å². The maximum Gasteiger partial charge on any atom is 0.244 e. The van der Waals surface area contributed by atoms with Crippen LogP contribution >= 0.6 is 22.6 Å². The number of halogens is 1. The first kappa shape index (κ1) is 15.9. The Morgan fingerprint density at radius 1 is 1.36 bits per heavy atom. The molecular weight excluding hydrogens is 397 g/mol. The van der Waals surface area contributed by atoms with Gasteiger partial charge in [0.2, 0.25) is 11.8 Å². The third-order valence-corrected chi connectivity index (χ3v) is 5.19. The van der Waals surface area contributed by atoms with Crippen LogP contribution in [-0.2, 0) is 9.59 Å². The summed E-state index contributed by atoms with van der Waals surface area (Å²) in [5, 5.41) is 13.2. The Balaban J connectivity index is 2.03. The number of rotatable bonds is 2. The van der Waals surface area contributed by atoms with Crippen LogP contribution in [0.1, 0.15) is 36.4 Å². The van der Waals surface area contributed by atoms with Gasteiger partial charge in [-0.15, -0.1) is 0 Å². The van der Waals surface area contributed by atoms with E-state index in [4.69, 9.17) is 0 Å². The summed E-state index contributed by atoms with van der Waals surface area (Å²) in [6.07, 6.45) is -0.313. The van der Waals surface area contributed by atoms with Gasteiger partial charge in [-0.2, -0.15) is 0 Å². The van der Waals surface area contributed by atoms with Gasteiger partial charge in [-0.1, -0.05) is 12.1 Å². The highest BCUT2D eigenvalue weighted by atomic mass is 127. The maximum absolute atomic E-state index is 12.2. The molecule has 0 radical (unpaired) electrons. The van der Waals surface area contributed by atoms with Gasteiger partial charge in [0, 0.05) is 15.6 Å². The predicted molar refractivity (Wildman–Crippen MR) is 88.6 cm³/mol. The number of nitrogens with zero attached hydrogens (tertiary/aromatic N) is 2. The van der Waals surface area contributed by atoms with E-state index in [0.29, 0.717) is 12.8 Å². The molecule has 2 aliphatic rings. The monoisotopic (exact) mass is 415 g/mol. The Morgan fingerprint density at radius 3 is 2.73 bits per heavy atom. The van der Waals surface area contributed by atoms with Crippen LogP contribution in [0.3, 0.4) is 0 Å². The van der Waals surface area contributed by atoms with Crippen LogP contribution in [0.5, 0.6) is 0 Å². The van der Waals surface area contributed by atoms with Gasteiger partial charge in [0.05, 0.1) is 12.2 Å². The average Bonchev–Trinajstić information content (AvgIpc) is 2.73. The summed E-state index contributed by atoms with van der Waals surface area (Å²) in [5.74, 6) is -0.576. The van der Waals surface area contributed by atoms with E-state index in [2.05, 4.69) is 27.9 Å². The molecule has 0 bridgehead atoms. The zero-order valence-corrected chi connectivity index (χ0v) is 14.6. The fourth-order valence-electron chi connectivity index (χ4n) is 3.35. The zero-order chi connectivity index (χ0) is 16.0. The summed E-state index contributed by atoms with van der Waals surface area (Å²) in [6.45, 7) is 0. The molecule has 3 unspecified atom stereocenters. The largest absolute Gasteiger partial charge is 0.374 e. The Bertz CT molecular complexity index is 634. The molecule has 118 valence electrons. The number of imide groups is 1. The first-order valence-corrected chi connectivity index (χ1v) is 8.23. The second-order valence-corrected chi connectivity index (χ2v) is 7.03. The van der Waals surface area contributed by atoms with Crippen LogP contribution in [0.15, 0.2) is 18.2 Å². The van der Waals surface area contributed by atoms with E-state index in [1.807, 2.05) is 37.2 Å². The van der Waals surface area contributed by atoms with Crippen molar-refractivity contribution in [1.82, 2.24) is 15.1 Å². The second kappa shape index (κ2) is 5.88. The minimum Gasteiger partial charge on any atom is -0.374 e. The highest BCUT2D eigenvalue weighted by molar-refractivity contribution is 14.1.